The topological polar surface area (TPSA) is 63.3 Å². The van der Waals surface area contributed by atoms with Crippen molar-refractivity contribution < 1.29 is 14.3 Å². The van der Waals surface area contributed by atoms with Gasteiger partial charge < -0.3 is 9.52 Å². The second-order valence-corrected chi connectivity index (χ2v) is 6.21. The van der Waals surface area contributed by atoms with Gasteiger partial charge in [0.05, 0.1) is 0 Å². The fraction of sp³-hybridized carbons (Fsp3) is 0.500. The van der Waals surface area contributed by atoms with E-state index in [4.69, 9.17) is 4.42 Å². The predicted octanol–water partition coefficient (Wildman–Crippen LogP) is 3.50. The van der Waals surface area contributed by atoms with E-state index < -0.39 is 5.97 Å². The monoisotopic (exact) mass is 271 g/mol. The molecule has 4 nitrogen and oxygen atoms in total. The van der Waals surface area contributed by atoms with Crippen LogP contribution in [0.3, 0.4) is 0 Å². The van der Waals surface area contributed by atoms with Crippen molar-refractivity contribution in [2.45, 2.75) is 32.1 Å². The third-order valence-electron chi connectivity index (χ3n) is 5.01. The molecule has 2 bridgehead atoms. The summed E-state index contributed by atoms with van der Waals surface area (Å²) in [4.78, 5) is 15.7. The van der Waals surface area contributed by atoms with Crippen LogP contribution in [-0.4, -0.2) is 16.1 Å². The van der Waals surface area contributed by atoms with Crippen molar-refractivity contribution in [3.8, 4) is 0 Å². The van der Waals surface area contributed by atoms with E-state index in [1.165, 1.54) is 25.7 Å². The highest BCUT2D eigenvalue weighted by Crippen LogP contribution is 2.49. The van der Waals surface area contributed by atoms with E-state index in [1.54, 1.807) is 12.1 Å². The van der Waals surface area contributed by atoms with Gasteiger partial charge in [-0.05, 0) is 49.1 Å². The maximum atomic E-state index is 11.2. The fourth-order valence-corrected chi connectivity index (χ4v) is 4.10. The summed E-state index contributed by atoms with van der Waals surface area (Å²) in [6.45, 7) is 0. The highest BCUT2D eigenvalue weighted by molar-refractivity contribution is 5.99. The molecular weight excluding hydrogens is 254 g/mol. The number of carboxylic acids is 1. The number of oxazole rings is 1. The number of rotatable bonds is 3. The molecule has 2 aliphatic carbocycles. The van der Waals surface area contributed by atoms with Crippen molar-refractivity contribution in [2.24, 2.45) is 17.8 Å². The van der Waals surface area contributed by atoms with Crippen molar-refractivity contribution >= 4 is 17.1 Å². The fourth-order valence-electron chi connectivity index (χ4n) is 4.10. The molecule has 1 N–H and O–H groups in total. The molecule has 20 heavy (non-hydrogen) atoms. The minimum atomic E-state index is -0.960. The molecule has 0 spiro atoms. The summed E-state index contributed by atoms with van der Waals surface area (Å²) in [6.07, 6.45) is 6.24. The molecule has 2 aliphatic rings. The van der Waals surface area contributed by atoms with Gasteiger partial charge in [0.1, 0.15) is 11.1 Å². The van der Waals surface area contributed by atoms with Crippen molar-refractivity contribution in [3.63, 3.8) is 0 Å². The molecule has 2 fully saturated rings. The standard InChI is InChI=1S/C16H17NO3/c18-16(19)12-2-1-3-13-15(12)20-14(17-13)8-11-7-9-4-5-10(11)6-9/h1-3,9-11H,4-8H2,(H,18,19). The third-order valence-corrected chi connectivity index (χ3v) is 5.01. The second-order valence-electron chi connectivity index (χ2n) is 6.21. The SMILES string of the molecule is O=C(O)c1cccc2nc(CC3CC4CCC3C4)oc12. The van der Waals surface area contributed by atoms with Crippen LogP contribution in [0.5, 0.6) is 0 Å². The first kappa shape index (κ1) is 11.9. The molecule has 104 valence electrons. The molecular formula is C16H17NO3. The van der Waals surface area contributed by atoms with Crippen LogP contribution in [0.25, 0.3) is 11.1 Å². The molecule has 4 heteroatoms. The minimum Gasteiger partial charge on any atom is -0.478 e. The van der Waals surface area contributed by atoms with Crippen LogP contribution in [-0.2, 0) is 6.42 Å². The Morgan fingerprint density at radius 3 is 2.95 bits per heavy atom. The lowest BCUT2D eigenvalue weighted by Gasteiger charge is -2.19. The molecule has 1 aromatic heterocycles. The zero-order valence-electron chi connectivity index (χ0n) is 11.2. The first-order valence-corrected chi connectivity index (χ1v) is 7.32. The van der Waals surface area contributed by atoms with Gasteiger partial charge in [0.2, 0.25) is 0 Å². The van der Waals surface area contributed by atoms with Crippen LogP contribution in [0.15, 0.2) is 22.6 Å². The van der Waals surface area contributed by atoms with Gasteiger partial charge in [-0.2, -0.15) is 0 Å². The number of aromatic nitrogens is 1. The Bertz CT molecular complexity index is 675. The van der Waals surface area contributed by atoms with E-state index in [2.05, 4.69) is 4.98 Å². The van der Waals surface area contributed by atoms with Crippen LogP contribution >= 0.6 is 0 Å². The normalized spacial score (nSPS) is 28.3. The summed E-state index contributed by atoms with van der Waals surface area (Å²) in [6, 6.07) is 5.10. The highest BCUT2D eigenvalue weighted by atomic mass is 16.4. The maximum absolute atomic E-state index is 11.2. The summed E-state index contributed by atoms with van der Waals surface area (Å²) < 4.78 is 5.74. The Hall–Kier alpha value is -1.84. The van der Waals surface area contributed by atoms with Crippen LogP contribution < -0.4 is 0 Å². The Morgan fingerprint density at radius 2 is 2.25 bits per heavy atom. The number of nitrogens with zero attached hydrogens (tertiary/aromatic N) is 1. The van der Waals surface area contributed by atoms with Gasteiger partial charge in [-0.3, -0.25) is 0 Å². The first-order chi connectivity index (χ1) is 9.70. The van der Waals surface area contributed by atoms with Gasteiger partial charge in [0, 0.05) is 6.42 Å². The predicted molar refractivity (Wildman–Crippen MR) is 73.6 cm³/mol. The molecule has 1 heterocycles. The number of carbonyl (C=O) groups is 1. The Balaban J connectivity index is 1.64. The molecule has 2 saturated carbocycles. The Morgan fingerprint density at radius 1 is 1.35 bits per heavy atom. The zero-order chi connectivity index (χ0) is 13.7. The molecule has 0 radical (unpaired) electrons. The van der Waals surface area contributed by atoms with Gasteiger partial charge in [-0.1, -0.05) is 12.5 Å². The van der Waals surface area contributed by atoms with Crippen LogP contribution in [0, 0.1) is 17.8 Å². The third kappa shape index (κ3) is 1.82. The highest BCUT2D eigenvalue weighted by Gasteiger charge is 2.39. The maximum Gasteiger partial charge on any atom is 0.339 e. The van der Waals surface area contributed by atoms with E-state index >= 15 is 0 Å². The van der Waals surface area contributed by atoms with E-state index in [0.29, 0.717) is 22.9 Å². The van der Waals surface area contributed by atoms with Gasteiger partial charge >= 0.3 is 5.97 Å². The van der Waals surface area contributed by atoms with E-state index in [1.807, 2.05) is 6.07 Å². The van der Waals surface area contributed by atoms with Crippen molar-refractivity contribution in [3.05, 3.63) is 29.7 Å². The molecule has 1 aromatic carbocycles. The lowest BCUT2D eigenvalue weighted by atomic mass is 9.86. The number of fused-ring (bicyclic) bond motifs is 3. The molecule has 0 aliphatic heterocycles. The average Bonchev–Trinajstić information content (AvgIpc) is 3.11. The summed E-state index contributed by atoms with van der Waals surface area (Å²) >= 11 is 0. The summed E-state index contributed by atoms with van der Waals surface area (Å²) in [5.41, 5.74) is 1.27. The Labute approximate surface area is 116 Å². The van der Waals surface area contributed by atoms with Gasteiger partial charge in [0.15, 0.2) is 11.5 Å². The zero-order valence-corrected chi connectivity index (χ0v) is 11.2. The molecule has 2 aromatic rings. The Kier molecular flexibility index (Phi) is 2.59. The molecule has 0 saturated heterocycles. The van der Waals surface area contributed by atoms with Crippen LogP contribution in [0.4, 0.5) is 0 Å². The lowest BCUT2D eigenvalue weighted by molar-refractivity contribution is 0.0698. The average molecular weight is 271 g/mol. The molecule has 0 amide bonds. The number of hydrogen-bond acceptors (Lipinski definition) is 3. The van der Waals surface area contributed by atoms with E-state index in [-0.39, 0.29) is 5.56 Å². The number of carboxylic acid groups (broad SMARTS) is 1. The summed E-state index contributed by atoms with van der Waals surface area (Å²) in [7, 11) is 0. The number of aromatic carboxylic acids is 1. The molecule has 4 rings (SSSR count). The van der Waals surface area contributed by atoms with Crippen molar-refractivity contribution in [1.82, 2.24) is 4.98 Å². The second kappa shape index (κ2) is 4.33. The minimum absolute atomic E-state index is 0.203. The number of benzene rings is 1. The molecule has 3 atom stereocenters. The van der Waals surface area contributed by atoms with Gasteiger partial charge in [-0.15, -0.1) is 0 Å². The van der Waals surface area contributed by atoms with Gasteiger partial charge in [-0.25, -0.2) is 9.78 Å². The largest absolute Gasteiger partial charge is 0.478 e. The quantitative estimate of drug-likeness (QED) is 0.927. The van der Waals surface area contributed by atoms with Crippen molar-refractivity contribution in [1.29, 1.82) is 0 Å². The summed E-state index contributed by atoms with van der Waals surface area (Å²) in [5, 5.41) is 9.17. The lowest BCUT2D eigenvalue weighted by Crippen LogP contribution is -2.13. The number of para-hydroxylation sites is 1. The smallest absolute Gasteiger partial charge is 0.339 e. The van der Waals surface area contributed by atoms with Crippen molar-refractivity contribution in [2.75, 3.05) is 0 Å². The first-order valence-electron chi connectivity index (χ1n) is 7.32. The van der Waals surface area contributed by atoms with Gasteiger partial charge in [0.25, 0.3) is 0 Å². The summed E-state index contributed by atoms with van der Waals surface area (Å²) in [5.74, 6) is 2.15. The number of hydrogen-bond donors (Lipinski definition) is 1. The van der Waals surface area contributed by atoms with E-state index in [9.17, 15) is 9.90 Å². The van der Waals surface area contributed by atoms with Crippen LogP contribution in [0.1, 0.15) is 41.9 Å². The molecule has 3 unspecified atom stereocenters. The van der Waals surface area contributed by atoms with E-state index in [0.717, 1.165) is 18.3 Å². The van der Waals surface area contributed by atoms with Crippen LogP contribution in [0.2, 0.25) is 0 Å².